The summed E-state index contributed by atoms with van der Waals surface area (Å²) in [7, 11) is 0. The molecule has 1 aliphatic heterocycles. The Morgan fingerprint density at radius 3 is 2.76 bits per heavy atom. The van der Waals surface area contributed by atoms with E-state index in [0.29, 0.717) is 19.0 Å². The number of amides is 1. The van der Waals surface area contributed by atoms with Gasteiger partial charge in [0.2, 0.25) is 5.91 Å². The highest BCUT2D eigenvalue weighted by molar-refractivity contribution is 5.75. The van der Waals surface area contributed by atoms with Crippen LogP contribution in [0, 0.1) is 0 Å². The molecule has 4 heteroatoms. The predicted octanol–water partition coefficient (Wildman–Crippen LogP) is 2.52. The summed E-state index contributed by atoms with van der Waals surface area (Å²) in [5, 5.41) is 2.96. The van der Waals surface area contributed by atoms with E-state index in [9.17, 15) is 4.79 Å². The average Bonchev–Trinajstić information content (AvgIpc) is 3.05. The number of likely N-dealkylation sites (tertiary alicyclic amines) is 1. The van der Waals surface area contributed by atoms with E-state index in [0.717, 1.165) is 18.5 Å². The Kier molecular flexibility index (Phi) is 6.18. The van der Waals surface area contributed by atoms with Gasteiger partial charge in [0.05, 0.1) is 12.2 Å². The highest BCUT2D eigenvalue weighted by Crippen LogP contribution is 2.14. The van der Waals surface area contributed by atoms with Gasteiger partial charge in [-0.15, -0.1) is 0 Å². The first-order valence-corrected chi connectivity index (χ1v) is 8.13. The number of aromatic nitrogens is 1. The lowest BCUT2D eigenvalue weighted by atomic mass is 10.1. The van der Waals surface area contributed by atoms with Gasteiger partial charge < -0.3 is 10.2 Å². The van der Waals surface area contributed by atoms with E-state index in [1.807, 2.05) is 12.3 Å². The topological polar surface area (TPSA) is 45.2 Å². The Morgan fingerprint density at radius 2 is 2.14 bits per heavy atom. The molecule has 2 heterocycles. The normalized spacial score (nSPS) is 16.9. The van der Waals surface area contributed by atoms with Gasteiger partial charge >= 0.3 is 0 Å². The fraction of sp³-hybridized carbons (Fsp3) is 0.647. The van der Waals surface area contributed by atoms with E-state index in [1.165, 1.54) is 31.5 Å². The Bertz CT molecular complexity index is 438. The molecule has 1 aromatic heterocycles. The lowest BCUT2D eigenvalue weighted by Crippen LogP contribution is -2.32. The monoisotopic (exact) mass is 289 g/mol. The van der Waals surface area contributed by atoms with Crippen LogP contribution in [0.25, 0.3) is 0 Å². The minimum atomic E-state index is 0.127. The molecule has 1 amide bonds. The molecule has 0 spiro atoms. The van der Waals surface area contributed by atoms with Gasteiger partial charge in [0.1, 0.15) is 0 Å². The van der Waals surface area contributed by atoms with Crippen molar-refractivity contribution in [2.45, 2.75) is 58.5 Å². The van der Waals surface area contributed by atoms with Crippen LogP contribution in [0.2, 0.25) is 0 Å². The van der Waals surface area contributed by atoms with Crippen LogP contribution in [-0.4, -0.2) is 34.9 Å². The number of carbonyl (C=O) groups is 1. The zero-order valence-corrected chi connectivity index (χ0v) is 13.3. The summed E-state index contributed by atoms with van der Waals surface area (Å²) < 4.78 is 0. The summed E-state index contributed by atoms with van der Waals surface area (Å²) in [5.41, 5.74) is 2.15. The maximum absolute atomic E-state index is 11.9. The van der Waals surface area contributed by atoms with Gasteiger partial charge in [0.25, 0.3) is 0 Å². The molecule has 0 aromatic carbocycles. The Hall–Kier alpha value is -1.42. The van der Waals surface area contributed by atoms with Crippen LogP contribution in [0.3, 0.4) is 0 Å². The molecule has 1 fully saturated rings. The first-order chi connectivity index (χ1) is 10.2. The zero-order valence-electron chi connectivity index (χ0n) is 13.3. The fourth-order valence-corrected chi connectivity index (χ4v) is 2.75. The third-order valence-electron chi connectivity index (χ3n) is 4.31. The van der Waals surface area contributed by atoms with E-state index in [-0.39, 0.29) is 5.91 Å². The molecule has 0 aliphatic carbocycles. The minimum absolute atomic E-state index is 0.127. The van der Waals surface area contributed by atoms with Crippen molar-refractivity contribution in [3.05, 3.63) is 29.6 Å². The second kappa shape index (κ2) is 8.13. The van der Waals surface area contributed by atoms with Crippen LogP contribution in [-0.2, 0) is 17.8 Å². The molecule has 0 bridgehead atoms. The number of nitrogens with one attached hydrogen (secondary N) is 1. The molecule has 116 valence electrons. The summed E-state index contributed by atoms with van der Waals surface area (Å²) >= 11 is 0. The summed E-state index contributed by atoms with van der Waals surface area (Å²) in [6.45, 7) is 7.25. The van der Waals surface area contributed by atoms with Crippen molar-refractivity contribution in [1.82, 2.24) is 15.2 Å². The maximum Gasteiger partial charge on any atom is 0.220 e. The number of carbonyl (C=O) groups excluding carboxylic acids is 1. The third-order valence-corrected chi connectivity index (χ3v) is 4.31. The summed E-state index contributed by atoms with van der Waals surface area (Å²) in [5.74, 6) is 0.127. The lowest BCUT2D eigenvalue weighted by molar-refractivity contribution is -0.121. The van der Waals surface area contributed by atoms with Gasteiger partial charge in [-0.2, -0.15) is 0 Å². The fourth-order valence-electron chi connectivity index (χ4n) is 2.75. The SMILES string of the molecule is CCc1ccc(CNC(=O)CCC(C)N2CCCC2)nc1. The molecule has 1 unspecified atom stereocenters. The van der Waals surface area contributed by atoms with Crippen LogP contribution in [0.15, 0.2) is 18.3 Å². The zero-order chi connectivity index (χ0) is 15.1. The Balaban J connectivity index is 1.66. The van der Waals surface area contributed by atoms with Gasteiger partial charge in [-0.3, -0.25) is 9.78 Å². The average molecular weight is 289 g/mol. The number of hydrogen-bond acceptors (Lipinski definition) is 3. The highest BCUT2D eigenvalue weighted by atomic mass is 16.1. The van der Waals surface area contributed by atoms with Crippen LogP contribution in [0.4, 0.5) is 0 Å². The second-order valence-electron chi connectivity index (χ2n) is 5.92. The van der Waals surface area contributed by atoms with Crippen molar-refractivity contribution in [1.29, 1.82) is 0 Å². The van der Waals surface area contributed by atoms with Crippen LogP contribution < -0.4 is 5.32 Å². The summed E-state index contributed by atoms with van der Waals surface area (Å²) in [6.07, 6.45) is 7.02. The molecule has 1 aromatic rings. The largest absolute Gasteiger partial charge is 0.350 e. The molecule has 2 rings (SSSR count). The van der Waals surface area contributed by atoms with Crippen LogP contribution in [0.1, 0.15) is 50.8 Å². The Morgan fingerprint density at radius 1 is 1.38 bits per heavy atom. The van der Waals surface area contributed by atoms with E-state index >= 15 is 0 Å². The molecular weight excluding hydrogens is 262 g/mol. The lowest BCUT2D eigenvalue weighted by Gasteiger charge is -2.23. The molecule has 1 saturated heterocycles. The standard InChI is InChI=1S/C17H27N3O/c1-3-15-7-8-16(18-12-15)13-19-17(21)9-6-14(2)20-10-4-5-11-20/h7-8,12,14H,3-6,9-11,13H2,1-2H3,(H,19,21). The van der Waals surface area contributed by atoms with Crippen molar-refractivity contribution >= 4 is 5.91 Å². The minimum Gasteiger partial charge on any atom is -0.350 e. The van der Waals surface area contributed by atoms with Gasteiger partial charge in [-0.1, -0.05) is 13.0 Å². The second-order valence-corrected chi connectivity index (χ2v) is 5.92. The molecule has 1 atom stereocenters. The van der Waals surface area contributed by atoms with Crippen molar-refractivity contribution in [3.63, 3.8) is 0 Å². The van der Waals surface area contributed by atoms with Crippen molar-refractivity contribution < 1.29 is 4.79 Å². The molecular formula is C17H27N3O. The van der Waals surface area contributed by atoms with Gasteiger partial charge in [-0.25, -0.2) is 0 Å². The molecule has 0 radical (unpaired) electrons. The number of aryl methyl sites for hydroxylation is 1. The van der Waals surface area contributed by atoms with Crippen molar-refractivity contribution in [2.75, 3.05) is 13.1 Å². The summed E-state index contributed by atoms with van der Waals surface area (Å²) in [4.78, 5) is 18.7. The maximum atomic E-state index is 11.9. The van der Waals surface area contributed by atoms with Gasteiger partial charge in [-0.05, 0) is 57.3 Å². The number of rotatable bonds is 7. The van der Waals surface area contributed by atoms with Crippen molar-refractivity contribution in [2.24, 2.45) is 0 Å². The third kappa shape index (κ3) is 5.12. The Labute approximate surface area is 127 Å². The molecule has 1 aliphatic rings. The van der Waals surface area contributed by atoms with Crippen molar-refractivity contribution in [3.8, 4) is 0 Å². The van der Waals surface area contributed by atoms with E-state index < -0.39 is 0 Å². The number of nitrogens with zero attached hydrogens (tertiary/aromatic N) is 2. The number of pyridine rings is 1. The van der Waals surface area contributed by atoms with E-state index in [4.69, 9.17) is 0 Å². The van der Waals surface area contributed by atoms with Gasteiger partial charge in [0, 0.05) is 18.7 Å². The van der Waals surface area contributed by atoms with Gasteiger partial charge in [0.15, 0.2) is 0 Å². The smallest absolute Gasteiger partial charge is 0.220 e. The number of hydrogen-bond donors (Lipinski definition) is 1. The molecule has 4 nitrogen and oxygen atoms in total. The predicted molar refractivity (Wildman–Crippen MR) is 85.0 cm³/mol. The van der Waals surface area contributed by atoms with Crippen LogP contribution >= 0.6 is 0 Å². The van der Waals surface area contributed by atoms with E-state index in [1.54, 1.807) is 0 Å². The molecule has 1 N–H and O–H groups in total. The summed E-state index contributed by atoms with van der Waals surface area (Å²) in [6, 6.07) is 4.58. The van der Waals surface area contributed by atoms with E-state index in [2.05, 4.69) is 35.1 Å². The highest BCUT2D eigenvalue weighted by Gasteiger charge is 2.18. The van der Waals surface area contributed by atoms with Crippen LogP contribution in [0.5, 0.6) is 0 Å². The first kappa shape index (κ1) is 16.0. The molecule has 21 heavy (non-hydrogen) atoms. The molecule has 0 saturated carbocycles. The quantitative estimate of drug-likeness (QED) is 0.839. The first-order valence-electron chi connectivity index (χ1n) is 8.13.